The molecule has 0 aromatic rings. The molecule has 4 atom stereocenters. The van der Waals surface area contributed by atoms with Crippen molar-refractivity contribution in [3.8, 4) is 0 Å². The van der Waals surface area contributed by atoms with Crippen LogP contribution in [0.4, 0.5) is 0 Å². The normalized spacial score (nSPS) is 25.8. The number of aliphatic hydroxyl groups excluding tert-OH is 1. The Labute approximate surface area is 153 Å². The van der Waals surface area contributed by atoms with Gasteiger partial charge in [-0.2, -0.15) is 0 Å². The number of nitrogens with zero attached hydrogens (tertiary/aromatic N) is 1. The lowest BCUT2D eigenvalue weighted by Gasteiger charge is -2.42. The van der Waals surface area contributed by atoms with Crippen LogP contribution in [0.15, 0.2) is 0 Å². The zero-order chi connectivity index (χ0) is 17.1. The Kier molecular flexibility index (Phi) is 11.1. The summed E-state index contributed by atoms with van der Waals surface area (Å²) in [5.41, 5.74) is 9.88. The zero-order valence-corrected chi connectivity index (χ0v) is 15.0. The SMILES string of the molecule is C[C@@H](O)[C@H](N)C(=O)N1C[C@@H](CCB(O)O)C[C@](N)(C(=O)O)C1.Cl.Cl. The first kappa shape index (κ1) is 25.6. The molecule has 0 aromatic heterocycles. The van der Waals surface area contributed by atoms with E-state index in [9.17, 15) is 19.8 Å². The molecule has 0 bridgehead atoms. The maximum Gasteiger partial charge on any atom is 0.451 e. The van der Waals surface area contributed by atoms with Gasteiger partial charge in [0.1, 0.15) is 11.6 Å². The quantitative estimate of drug-likeness (QED) is 0.284. The predicted octanol–water partition coefficient (Wildman–Crippen LogP) is -1.97. The Balaban J connectivity index is 0. The van der Waals surface area contributed by atoms with Gasteiger partial charge in [-0.25, -0.2) is 0 Å². The number of likely N-dealkylation sites (tertiary alicyclic amines) is 1. The largest absolute Gasteiger partial charge is 0.480 e. The van der Waals surface area contributed by atoms with Crippen LogP contribution < -0.4 is 11.5 Å². The van der Waals surface area contributed by atoms with Gasteiger partial charge in [0.15, 0.2) is 0 Å². The van der Waals surface area contributed by atoms with Crippen molar-refractivity contribution in [2.75, 3.05) is 13.1 Å². The molecule has 12 heteroatoms. The Hall–Kier alpha value is -0.615. The van der Waals surface area contributed by atoms with Crippen LogP contribution in [0.3, 0.4) is 0 Å². The van der Waals surface area contributed by atoms with Crippen LogP contribution in [-0.2, 0) is 9.59 Å². The maximum atomic E-state index is 12.2. The van der Waals surface area contributed by atoms with Crippen molar-refractivity contribution in [1.82, 2.24) is 4.90 Å². The molecular weight excluding hydrogens is 364 g/mol. The average molecular weight is 390 g/mol. The molecule has 0 aliphatic carbocycles. The third-order valence-corrected chi connectivity index (χ3v) is 3.98. The van der Waals surface area contributed by atoms with E-state index >= 15 is 0 Å². The lowest BCUT2D eigenvalue weighted by molar-refractivity contribution is -0.150. The first-order valence-electron chi connectivity index (χ1n) is 7.17. The van der Waals surface area contributed by atoms with E-state index in [1.54, 1.807) is 0 Å². The first-order chi connectivity index (χ1) is 10.1. The van der Waals surface area contributed by atoms with Crippen LogP contribution in [-0.4, -0.2) is 74.9 Å². The third kappa shape index (κ3) is 6.71. The minimum atomic E-state index is -1.61. The van der Waals surface area contributed by atoms with E-state index in [2.05, 4.69) is 0 Å². The highest BCUT2D eigenvalue weighted by molar-refractivity contribution is 6.40. The number of amides is 1. The Morgan fingerprint density at radius 1 is 1.38 bits per heavy atom. The van der Waals surface area contributed by atoms with Crippen LogP contribution in [0.1, 0.15) is 19.8 Å². The van der Waals surface area contributed by atoms with Gasteiger partial charge in [0, 0.05) is 13.1 Å². The monoisotopic (exact) mass is 389 g/mol. The van der Waals surface area contributed by atoms with E-state index < -0.39 is 36.7 Å². The van der Waals surface area contributed by atoms with E-state index in [4.69, 9.17) is 21.5 Å². The van der Waals surface area contributed by atoms with Crippen LogP contribution in [0.25, 0.3) is 0 Å². The predicted molar refractivity (Wildman–Crippen MR) is 93.0 cm³/mol. The number of aliphatic hydroxyl groups is 1. The van der Waals surface area contributed by atoms with Crippen molar-refractivity contribution in [2.24, 2.45) is 17.4 Å². The van der Waals surface area contributed by atoms with Crippen molar-refractivity contribution in [2.45, 2.75) is 43.8 Å². The standard InChI is InChI=1S/C12H24BN3O6.2ClH/c1-7(17)9(14)10(18)16-5-8(2-3-13(21)22)4-12(15,6-16)11(19)20;;/h7-9,17,21-22H,2-6,14-15H2,1H3,(H,19,20);2*1H/t7-,8+,9+,12-;;/m1../s1. The van der Waals surface area contributed by atoms with Gasteiger partial charge < -0.3 is 36.6 Å². The van der Waals surface area contributed by atoms with Gasteiger partial charge in [0.2, 0.25) is 5.91 Å². The number of halogens is 2. The lowest BCUT2D eigenvalue weighted by atomic mass is 9.75. The van der Waals surface area contributed by atoms with Gasteiger partial charge in [-0.15, -0.1) is 24.8 Å². The average Bonchev–Trinajstić information content (AvgIpc) is 2.42. The summed E-state index contributed by atoms with van der Waals surface area (Å²) in [6, 6.07) is -1.15. The molecule has 142 valence electrons. The Morgan fingerprint density at radius 3 is 2.33 bits per heavy atom. The highest BCUT2D eigenvalue weighted by atomic mass is 35.5. The van der Waals surface area contributed by atoms with E-state index in [0.717, 1.165) is 0 Å². The molecule has 1 saturated heterocycles. The minimum Gasteiger partial charge on any atom is -0.480 e. The van der Waals surface area contributed by atoms with Crippen LogP contribution in [0.2, 0.25) is 6.32 Å². The summed E-state index contributed by atoms with van der Waals surface area (Å²) in [7, 11) is -1.50. The summed E-state index contributed by atoms with van der Waals surface area (Å²) >= 11 is 0. The van der Waals surface area contributed by atoms with Crippen LogP contribution in [0.5, 0.6) is 0 Å². The number of hydrogen-bond donors (Lipinski definition) is 6. The fourth-order valence-electron chi connectivity index (χ4n) is 2.68. The summed E-state index contributed by atoms with van der Waals surface area (Å²) < 4.78 is 0. The van der Waals surface area contributed by atoms with E-state index in [1.165, 1.54) is 11.8 Å². The molecule has 0 radical (unpaired) electrons. The summed E-state index contributed by atoms with van der Waals surface area (Å²) in [6.07, 6.45) is -0.560. The second-order valence-electron chi connectivity index (χ2n) is 6.07. The number of hydrogen-bond acceptors (Lipinski definition) is 7. The number of carboxylic acid groups (broad SMARTS) is 1. The molecule has 24 heavy (non-hydrogen) atoms. The molecule has 0 unspecified atom stereocenters. The van der Waals surface area contributed by atoms with Gasteiger partial charge in [-0.05, 0) is 25.6 Å². The molecule has 0 saturated carbocycles. The third-order valence-electron chi connectivity index (χ3n) is 3.98. The van der Waals surface area contributed by atoms with Gasteiger partial charge in [0.25, 0.3) is 0 Å². The number of nitrogens with two attached hydrogens (primary N) is 2. The van der Waals surface area contributed by atoms with Gasteiger partial charge in [-0.3, -0.25) is 9.59 Å². The fourth-order valence-corrected chi connectivity index (χ4v) is 2.68. The Bertz CT molecular complexity index is 432. The molecule has 1 aliphatic rings. The molecule has 1 amide bonds. The molecule has 1 rings (SSSR count). The van der Waals surface area contributed by atoms with Crippen molar-refractivity contribution in [3.05, 3.63) is 0 Å². The summed E-state index contributed by atoms with van der Waals surface area (Å²) in [5, 5.41) is 36.6. The van der Waals surface area contributed by atoms with Crippen LogP contribution in [0, 0.1) is 5.92 Å². The highest BCUT2D eigenvalue weighted by Crippen LogP contribution is 2.28. The van der Waals surface area contributed by atoms with Crippen molar-refractivity contribution < 1.29 is 29.9 Å². The molecule has 1 heterocycles. The summed E-state index contributed by atoms with van der Waals surface area (Å²) in [5.74, 6) is -2.09. The van der Waals surface area contributed by atoms with Crippen molar-refractivity contribution in [1.29, 1.82) is 0 Å². The van der Waals surface area contributed by atoms with Gasteiger partial charge >= 0.3 is 13.1 Å². The number of piperidine rings is 1. The topological polar surface area (TPSA) is 170 Å². The smallest absolute Gasteiger partial charge is 0.451 e. The molecule has 1 aliphatic heterocycles. The first-order valence-corrected chi connectivity index (χ1v) is 7.17. The fraction of sp³-hybridized carbons (Fsp3) is 0.833. The molecule has 0 spiro atoms. The minimum absolute atomic E-state index is 0. The number of rotatable bonds is 6. The highest BCUT2D eigenvalue weighted by Gasteiger charge is 2.45. The van der Waals surface area contributed by atoms with Gasteiger partial charge in [0.05, 0.1) is 6.10 Å². The second kappa shape index (κ2) is 10.4. The molecule has 9 nitrogen and oxygen atoms in total. The summed E-state index contributed by atoms with van der Waals surface area (Å²) in [6.45, 7) is 1.40. The number of carboxylic acids is 1. The molecule has 8 N–H and O–H groups in total. The lowest BCUT2D eigenvalue weighted by Crippen LogP contribution is -2.65. The van der Waals surface area contributed by atoms with Crippen molar-refractivity contribution in [3.63, 3.8) is 0 Å². The van der Waals surface area contributed by atoms with E-state index in [-0.39, 0.29) is 56.6 Å². The Morgan fingerprint density at radius 2 is 1.92 bits per heavy atom. The van der Waals surface area contributed by atoms with E-state index in [0.29, 0.717) is 6.42 Å². The second-order valence-corrected chi connectivity index (χ2v) is 6.07. The number of carbonyl (C=O) groups is 2. The van der Waals surface area contributed by atoms with Crippen molar-refractivity contribution >= 4 is 43.8 Å². The molecule has 0 aromatic carbocycles. The maximum absolute atomic E-state index is 12.2. The summed E-state index contributed by atoms with van der Waals surface area (Å²) in [4.78, 5) is 24.9. The van der Waals surface area contributed by atoms with Gasteiger partial charge in [-0.1, -0.05) is 6.42 Å². The number of carbonyl (C=O) groups excluding carboxylic acids is 1. The number of aliphatic carboxylic acids is 1. The molecule has 1 fully saturated rings. The molecular formula is C12H26BCl2N3O6. The van der Waals surface area contributed by atoms with Crippen LogP contribution >= 0.6 is 24.8 Å². The zero-order valence-electron chi connectivity index (χ0n) is 13.4. The van der Waals surface area contributed by atoms with E-state index in [1.807, 2.05) is 0 Å².